The number of nitrogens with one attached hydrogen (secondary N) is 1. The highest BCUT2D eigenvalue weighted by atomic mass is 15.2. The van der Waals surface area contributed by atoms with E-state index in [9.17, 15) is 0 Å². The molecule has 0 aromatic rings. The third kappa shape index (κ3) is 1.60. The monoisotopic (exact) mass is 153 g/mol. The molecule has 3 nitrogen and oxygen atoms in total. The van der Waals surface area contributed by atoms with Crippen LogP contribution in [0.5, 0.6) is 0 Å². The van der Waals surface area contributed by atoms with Crippen LogP contribution < -0.4 is 11.3 Å². The maximum absolute atomic E-state index is 5.33. The van der Waals surface area contributed by atoms with E-state index in [4.69, 9.17) is 5.84 Å². The highest BCUT2D eigenvalue weighted by Crippen LogP contribution is 2.39. The first kappa shape index (κ1) is 8.27. The van der Waals surface area contributed by atoms with E-state index in [1.165, 1.54) is 0 Å². The van der Waals surface area contributed by atoms with Gasteiger partial charge in [0.05, 0.1) is 5.70 Å². The van der Waals surface area contributed by atoms with Gasteiger partial charge in [-0.3, -0.25) is 10.8 Å². The Hall–Kier alpha value is -0.830. The summed E-state index contributed by atoms with van der Waals surface area (Å²) in [5.41, 5.74) is 5.00. The molecule has 1 aliphatic rings. The van der Waals surface area contributed by atoms with Gasteiger partial charge in [-0.05, 0) is 25.0 Å². The van der Waals surface area contributed by atoms with Gasteiger partial charge in [0.15, 0.2) is 0 Å². The topological polar surface area (TPSA) is 50.4 Å². The highest BCUT2D eigenvalue weighted by molar-refractivity contribution is 5.33. The molecule has 0 atom stereocenters. The fourth-order valence-electron chi connectivity index (χ4n) is 1.49. The first-order chi connectivity index (χ1) is 5.09. The zero-order valence-electron chi connectivity index (χ0n) is 7.15. The summed E-state index contributed by atoms with van der Waals surface area (Å²) in [6, 6.07) is 0. The second-order valence-electron chi connectivity index (χ2n) is 3.75. The smallest absolute Gasteiger partial charge is 0.0604 e. The predicted octanol–water partition coefficient (Wildman–Crippen LogP) is 1.18. The van der Waals surface area contributed by atoms with E-state index in [0.29, 0.717) is 0 Å². The van der Waals surface area contributed by atoms with E-state index in [2.05, 4.69) is 31.0 Å². The number of hydrogen-bond acceptors (Lipinski definition) is 3. The largest absolute Gasteiger partial charge is 0.326 e. The molecule has 0 aromatic heterocycles. The number of aliphatic imine (C=N–C) groups is 1. The van der Waals surface area contributed by atoms with Crippen molar-refractivity contribution in [2.24, 2.45) is 16.3 Å². The molecule has 0 spiro atoms. The van der Waals surface area contributed by atoms with Gasteiger partial charge in [0, 0.05) is 5.70 Å². The van der Waals surface area contributed by atoms with Crippen LogP contribution in [0.25, 0.3) is 0 Å². The zero-order chi connectivity index (χ0) is 8.48. The molecule has 11 heavy (non-hydrogen) atoms. The Bertz CT molecular complexity index is 203. The maximum Gasteiger partial charge on any atom is 0.0604 e. The van der Waals surface area contributed by atoms with Crippen molar-refractivity contribution in [3.05, 3.63) is 11.4 Å². The molecule has 0 saturated carbocycles. The predicted molar refractivity (Wildman–Crippen MR) is 46.9 cm³/mol. The van der Waals surface area contributed by atoms with Crippen LogP contribution in [0.2, 0.25) is 0 Å². The SMILES string of the molecule is C=NC1=C(NN)CC(C)(C)C1. The maximum atomic E-state index is 5.33. The normalized spacial score (nSPS) is 22.1. The van der Waals surface area contributed by atoms with Gasteiger partial charge in [-0.1, -0.05) is 13.8 Å². The van der Waals surface area contributed by atoms with E-state index in [1.54, 1.807) is 0 Å². The van der Waals surface area contributed by atoms with Crippen molar-refractivity contribution in [1.82, 2.24) is 5.43 Å². The molecule has 3 N–H and O–H groups in total. The van der Waals surface area contributed by atoms with Gasteiger partial charge in [0.25, 0.3) is 0 Å². The Balaban J connectivity index is 2.79. The molecule has 0 bridgehead atoms. The molecule has 62 valence electrons. The molecule has 0 saturated heterocycles. The summed E-state index contributed by atoms with van der Waals surface area (Å²) >= 11 is 0. The summed E-state index contributed by atoms with van der Waals surface area (Å²) in [5, 5.41) is 0. The quantitative estimate of drug-likeness (QED) is 0.355. The summed E-state index contributed by atoms with van der Waals surface area (Å²) < 4.78 is 0. The van der Waals surface area contributed by atoms with Crippen molar-refractivity contribution >= 4 is 6.72 Å². The number of hydrazine groups is 1. The van der Waals surface area contributed by atoms with Crippen LogP contribution >= 0.6 is 0 Å². The Labute approximate surface area is 67.4 Å². The van der Waals surface area contributed by atoms with Gasteiger partial charge < -0.3 is 5.43 Å². The Kier molecular flexibility index (Phi) is 2.00. The lowest BCUT2D eigenvalue weighted by atomic mass is 9.90. The minimum Gasteiger partial charge on any atom is -0.326 e. The van der Waals surface area contributed by atoms with Gasteiger partial charge in [0.2, 0.25) is 0 Å². The molecule has 0 heterocycles. The summed E-state index contributed by atoms with van der Waals surface area (Å²) in [4.78, 5) is 3.92. The van der Waals surface area contributed by atoms with Crippen molar-refractivity contribution in [1.29, 1.82) is 0 Å². The van der Waals surface area contributed by atoms with E-state index in [1.807, 2.05) is 0 Å². The number of nitrogens with two attached hydrogens (primary N) is 1. The Morgan fingerprint density at radius 2 is 2.18 bits per heavy atom. The Morgan fingerprint density at radius 1 is 1.55 bits per heavy atom. The first-order valence-corrected chi connectivity index (χ1v) is 3.74. The van der Waals surface area contributed by atoms with Crippen molar-refractivity contribution in [3.63, 3.8) is 0 Å². The van der Waals surface area contributed by atoms with Crippen LogP contribution in [-0.2, 0) is 0 Å². The lowest BCUT2D eigenvalue weighted by molar-refractivity contribution is 0.384. The molecule has 0 amide bonds. The fraction of sp³-hybridized carbons (Fsp3) is 0.625. The molecule has 0 radical (unpaired) electrons. The summed E-state index contributed by atoms with van der Waals surface area (Å²) in [6.45, 7) is 7.90. The minimum atomic E-state index is 0.290. The molecule has 0 aliphatic heterocycles. The van der Waals surface area contributed by atoms with Crippen molar-refractivity contribution in [3.8, 4) is 0 Å². The molecule has 1 aliphatic carbocycles. The molecule has 1 rings (SSSR count). The number of hydrogen-bond donors (Lipinski definition) is 2. The van der Waals surface area contributed by atoms with Gasteiger partial charge >= 0.3 is 0 Å². The third-order valence-corrected chi connectivity index (χ3v) is 2.01. The van der Waals surface area contributed by atoms with Crippen molar-refractivity contribution in [2.45, 2.75) is 26.7 Å². The van der Waals surface area contributed by atoms with E-state index in [0.717, 1.165) is 24.2 Å². The van der Waals surface area contributed by atoms with Crippen LogP contribution in [0.4, 0.5) is 0 Å². The standard InChI is InChI=1S/C8H15N3/c1-8(2)4-6(10-3)7(5-8)11-9/h11H,3-5,9H2,1-2H3. The molecule has 0 aromatic carbocycles. The lowest BCUT2D eigenvalue weighted by Gasteiger charge is -2.15. The van der Waals surface area contributed by atoms with E-state index >= 15 is 0 Å². The number of nitrogens with zero attached hydrogens (tertiary/aromatic N) is 1. The van der Waals surface area contributed by atoms with Crippen LogP contribution in [0, 0.1) is 5.41 Å². The Morgan fingerprint density at radius 3 is 2.55 bits per heavy atom. The second-order valence-corrected chi connectivity index (χ2v) is 3.75. The average molecular weight is 153 g/mol. The van der Waals surface area contributed by atoms with Gasteiger partial charge in [-0.15, -0.1) is 0 Å². The first-order valence-electron chi connectivity index (χ1n) is 3.74. The summed E-state index contributed by atoms with van der Waals surface area (Å²) in [7, 11) is 0. The molecule has 0 fully saturated rings. The minimum absolute atomic E-state index is 0.290. The zero-order valence-corrected chi connectivity index (χ0v) is 7.15. The van der Waals surface area contributed by atoms with Gasteiger partial charge in [0.1, 0.15) is 0 Å². The summed E-state index contributed by atoms with van der Waals surface area (Å²) in [6.07, 6.45) is 1.94. The second kappa shape index (κ2) is 2.66. The number of allylic oxidation sites excluding steroid dienone is 2. The van der Waals surface area contributed by atoms with Crippen molar-refractivity contribution < 1.29 is 0 Å². The van der Waals surface area contributed by atoms with Gasteiger partial charge in [-0.25, -0.2) is 0 Å². The van der Waals surface area contributed by atoms with Crippen LogP contribution in [0.15, 0.2) is 16.4 Å². The third-order valence-electron chi connectivity index (χ3n) is 2.01. The lowest BCUT2D eigenvalue weighted by Crippen LogP contribution is -2.22. The molecule has 0 unspecified atom stereocenters. The van der Waals surface area contributed by atoms with Crippen molar-refractivity contribution in [2.75, 3.05) is 0 Å². The molecular formula is C8H15N3. The van der Waals surface area contributed by atoms with E-state index < -0.39 is 0 Å². The molecular weight excluding hydrogens is 138 g/mol. The average Bonchev–Trinajstić information content (AvgIpc) is 2.25. The van der Waals surface area contributed by atoms with Crippen LogP contribution in [0.1, 0.15) is 26.7 Å². The van der Waals surface area contributed by atoms with Crippen LogP contribution in [-0.4, -0.2) is 6.72 Å². The molecule has 3 heteroatoms. The van der Waals surface area contributed by atoms with Gasteiger partial charge in [-0.2, -0.15) is 0 Å². The highest BCUT2D eigenvalue weighted by Gasteiger charge is 2.29. The van der Waals surface area contributed by atoms with E-state index in [-0.39, 0.29) is 5.41 Å². The number of rotatable bonds is 2. The van der Waals surface area contributed by atoms with Crippen LogP contribution in [0.3, 0.4) is 0 Å². The summed E-state index contributed by atoms with van der Waals surface area (Å²) in [5.74, 6) is 5.33. The fourth-order valence-corrected chi connectivity index (χ4v) is 1.49.